The topological polar surface area (TPSA) is 49.3 Å². The van der Waals surface area contributed by atoms with Gasteiger partial charge in [0.1, 0.15) is 6.04 Å². The van der Waals surface area contributed by atoms with Crippen LogP contribution in [0.4, 0.5) is 0 Å². The molecule has 3 nitrogen and oxygen atoms in total. The van der Waals surface area contributed by atoms with Crippen LogP contribution < -0.4 is 5.32 Å². The van der Waals surface area contributed by atoms with Gasteiger partial charge in [0.2, 0.25) is 0 Å². The van der Waals surface area contributed by atoms with Gasteiger partial charge in [0, 0.05) is 15.9 Å². The van der Waals surface area contributed by atoms with Gasteiger partial charge in [-0.05, 0) is 11.4 Å². The molecular formula is C10H13NO2S2. The Labute approximate surface area is 96.9 Å². The summed E-state index contributed by atoms with van der Waals surface area (Å²) in [6, 6.07) is 3.82. The summed E-state index contributed by atoms with van der Waals surface area (Å²) < 4.78 is 0. The summed E-state index contributed by atoms with van der Waals surface area (Å²) in [6.07, 6.45) is 0. The average molecular weight is 243 g/mol. The minimum absolute atomic E-state index is 0.171. The number of thioether (sulfide) groups is 1. The highest BCUT2D eigenvalue weighted by Crippen LogP contribution is 2.33. The van der Waals surface area contributed by atoms with Crippen molar-refractivity contribution < 1.29 is 9.90 Å². The molecule has 5 heteroatoms. The second kappa shape index (κ2) is 4.55. The van der Waals surface area contributed by atoms with Crippen molar-refractivity contribution in [1.29, 1.82) is 0 Å². The van der Waals surface area contributed by atoms with E-state index in [0.29, 0.717) is 11.0 Å². The Kier molecular flexibility index (Phi) is 3.33. The third-order valence-corrected chi connectivity index (χ3v) is 4.80. The molecule has 0 spiro atoms. The standard InChI is InChI=1S/C10H13NO2S2/c1-6-9(8-3-2-4-14-8)11-7(5-15-6)10(12)13/h2-4,6-7,9,11H,5H2,1H3,(H,12,13). The highest BCUT2D eigenvalue weighted by Gasteiger charge is 2.32. The highest BCUT2D eigenvalue weighted by molar-refractivity contribution is 8.00. The molecule has 0 amide bonds. The molecule has 1 fully saturated rings. The average Bonchev–Trinajstić information content (AvgIpc) is 2.71. The first-order chi connectivity index (χ1) is 7.18. The van der Waals surface area contributed by atoms with Gasteiger partial charge in [-0.3, -0.25) is 10.1 Å². The monoisotopic (exact) mass is 243 g/mol. The molecule has 0 bridgehead atoms. The first-order valence-electron chi connectivity index (χ1n) is 4.82. The molecule has 1 aromatic heterocycles. The van der Waals surface area contributed by atoms with Crippen LogP contribution in [0.15, 0.2) is 17.5 Å². The van der Waals surface area contributed by atoms with Crippen molar-refractivity contribution >= 4 is 29.1 Å². The van der Waals surface area contributed by atoms with E-state index in [1.165, 1.54) is 4.88 Å². The molecule has 1 aliphatic rings. The number of carbonyl (C=O) groups is 1. The van der Waals surface area contributed by atoms with E-state index < -0.39 is 12.0 Å². The second-order valence-corrected chi connectivity index (χ2v) is 5.98. The lowest BCUT2D eigenvalue weighted by molar-refractivity contribution is -0.139. The molecule has 2 heterocycles. The summed E-state index contributed by atoms with van der Waals surface area (Å²) in [5, 5.41) is 14.6. The van der Waals surface area contributed by atoms with Crippen LogP contribution >= 0.6 is 23.1 Å². The van der Waals surface area contributed by atoms with Gasteiger partial charge in [-0.25, -0.2) is 0 Å². The lowest BCUT2D eigenvalue weighted by Crippen LogP contribution is -2.47. The van der Waals surface area contributed by atoms with Crippen LogP contribution in [-0.4, -0.2) is 28.1 Å². The molecule has 1 aromatic rings. The van der Waals surface area contributed by atoms with E-state index in [-0.39, 0.29) is 6.04 Å². The van der Waals surface area contributed by atoms with Gasteiger partial charge in [-0.15, -0.1) is 11.3 Å². The number of nitrogens with one attached hydrogen (secondary N) is 1. The van der Waals surface area contributed by atoms with E-state index in [1.807, 2.05) is 11.4 Å². The Balaban J connectivity index is 2.12. The van der Waals surface area contributed by atoms with Crippen LogP contribution in [0.5, 0.6) is 0 Å². The van der Waals surface area contributed by atoms with Crippen molar-refractivity contribution in [2.75, 3.05) is 5.75 Å². The largest absolute Gasteiger partial charge is 0.480 e. The Hall–Kier alpha value is -0.520. The van der Waals surface area contributed by atoms with Crippen molar-refractivity contribution in [3.05, 3.63) is 22.4 Å². The van der Waals surface area contributed by atoms with Crippen molar-refractivity contribution in [3.8, 4) is 0 Å². The number of rotatable bonds is 2. The van der Waals surface area contributed by atoms with Gasteiger partial charge >= 0.3 is 5.97 Å². The minimum atomic E-state index is -0.754. The fourth-order valence-electron chi connectivity index (χ4n) is 1.67. The molecule has 3 unspecified atom stereocenters. The maximum absolute atomic E-state index is 10.9. The zero-order valence-electron chi connectivity index (χ0n) is 8.34. The number of thiophene rings is 1. The Morgan fingerprint density at radius 2 is 2.47 bits per heavy atom. The summed E-state index contributed by atoms with van der Waals surface area (Å²) in [4.78, 5) is 12.1. The third kappa shape index (κ3) is 2.35. The number of hydrogen-bond donors (Lipinski definition) is 2. The molecule has 0 aliphatic carbocycles. The molecule has 2 N–H and O–H groups in total. The molecule has 2 rings (SSSR count). The number of carboxylic acids is 1. The van der Waals surface area contributed by atoms with Crippen molar-refractivity contribution in [3.63, 3.8) is 0 Å². The number of hydrogen-bond acceptors (Lipinski definition) is 4. The second-order valence-electron chi connectivity index (χ2n) is 3.59. The molecule has 82 valence electrons. The van der Waals surface area contributed by atoms with Crippen LogP contribution in [0.3, 0.4) is 0 Å². The van der Waals surface area contributed by atoms with E-state index in [4.69, 9.17) is 5.11 Å². The van der Waals surface area contributed by atoms with E-state index in [1.54, 1.807) is 23.1 Å². The van der Waals surface area contributed by atoms with Gasteiger partial charge in [-0.1, -0.05) is 13.0 Å². The van der Waals surface area contributed by atoms with E-state index in [2.05, 4.69) is 18.3 Å². The Bertz CT molecular complexity index is 339. The van der Waals surface area contributed by atoms with Crippen LogP contribution in [0, 0.1) is 0 Å². The first kappa shape index (κ1) is 11.0. The smallest absolute Gasteiger partial charge is 0.321 e. The first-order valence-corrected chi connectivity index (χ1v) is 6.75. The zero-order valence-corrected chi connectivity index (χ0v) is 9.98. The predicted molar refractivity (Wildman–Crippen MR) is 63.5 cm³/mol. The van der Waals surface area contributed by atoms with E-state index in [0.717, 1.165) is 0 Å². The zero-order chi connectivity index (χ0) is 10.8. The van der Waals surface area contributed by atoms with E-state index >= 15 is 0 Å². The van der Waals surface area contributed by atoms with Gasteiger partial charge in [0.15, 0.2) is 0 Å². The Morgan fingerprint density at radius 3 is 3.07 bits per heavy atom. The van der Waals surface area contributed by atoms with Crippen LogP contribution in [0.25, 0.3) is 0 Å². The van der Waals surface area contributed by atoms with Crippen molar-refractivity contribution in [1.82, 2.24) is 5.32 Å². The normalized spacial score (nSPS) is 31.4. The lowest BCUT2D eigenvalue weighted by Gasteiger charge is -2.32. The summed E-state index contributed by atoms with van der Waals surface area (Å²) in [5.74, 6) is -0.103. The molecule has 1 saturated heterocycles. The maximum atomic E-state index is 10.9. The molecule has 0 saturated carbocycles. The summed E-state index contributed by atoms with van der Waals surface area (Å²) in [7, 11) is 0. The van der Waals surface area contributed by atoms with Crippen LogP contribution in [0.2, 0.25) is 0 Å². The van der Waals surface area contributed by atoms with E-state index in [9.17, 15) is 4.79 Å². The maximum Gasteiger partial charge on any atom is 0.321 e. The third-order valence-electron chi connectivity index (χ3n) is 2.52. The van der Waals surface area contributed by atoms with Crippen LogP contribution in [-0.2, 0) is 4.79 Å². The number of aliphatic carboxylic acids is 1. The Morgan fingerprint density at radius 1 is 1.67 bits per heavy atom. The highest BCUT2D eigenvalue weighted by atomic mass is 32.2. The molecule has 0 aromatic carbocycles. The van der Waals surface area contributed by atoms with Crippen molar-refractivity contribution in [2.24, 2.45) is 0 Å². The molecule has 15 heavy (non-hydrogen) atoms. The summed E-state index contributed by atoms with van der Waals surface area (Å²) in [6.45, 7) is 2.14. The van der Waals surface area contributed by atoms with Crippen LogP contribution in [0.1, 0.15) is 17.8 Å². The predicted octanol–water partition coefficient (Wildman–Crippen LogP) is 1.97. The molecular weight excluding hydrogens is 230 g/mol. The lowest BCUT2D eigenvalue weighted by atomic mass is 10.1. The fourth-order valence-corrected chi connectivity index (χ4v) is 3.80. The summed E-state index contributed by atoms with van der Waals surface area (Å²) in [5.41, 5.74) is 0. The molecule has 0 radical (unpaired) electrons. The van der Waals surface area contributed by atoms with Gasteiger partial charge in [0.05, 0.1) is 6.04 Å². The molecule has 3 atom stereocenters. The van der Waals surface area contributed by atoms with Gasteiger partial charge in [0.25, 0.3) is 0 Å². The summed E-state index contributed by atoms with van der Waals surface area (Å²) >= 11 is 3.40. The van der Waals surface area contributed by atoms with Gasteiger partial charge in [-0.2, -0.15) is 11.8 Å². The minimum Gasteiger partial charge on any atom is -0.480 e. The quantitative estimate of drug-likeness (QED) is 0.834. The SMILES string of the molecule is CC1SCC(C(=O)O)NC1c1cccs1. The molecule has 1 aliphatic heterocycles. The van der Waals surface area contributed by atoms with Crippen molar-refractivity contribution in [2.45, 2.75) is 24.3 Å². The van der Waals surface area contributed by atoms with Gasteiger partial charge < -0.3 is 5.11 Å². The number of carboxylic acid groups (broad SMARTS) is 1. The fraction of sp³-hybridized carbons (Fsp3) is 0.500.